The highest BCUT2D eigenvalue weighted by Gasteiger charge is 2.32. The molecule has 2 rings (SSSR count). The number of nitrogens with zero attached hydrogens (tertiary/aromatic N) is 1. The number of likely N-dealkylation sites (tertiary alicyclic amines) is 1. The maximum atomic E-state index is 13.6. The van der Waals surface area contributed by atoms with Crippen LogP contribution in [0.1, 0.15) is 18.9 Å². The largest absolute Gasteiger partial charge is 0.330 e. The van der Waals surface area contributed by atoms with Crippen molar-refractivity contribution in [3.8, 4) is 0 Å². The fourth-order valence-corrected chi connectivity index (χ4v) is 2.48. The number of benzene rings is 1. The minimum absolute atomic E-state index is 0. The lowest BCUT2D eigenvalue weighted by molar-refractivity contribution is 0.271. The molecule has 2 nitrogen and oxygen atoms in total. The fraction of sp³-hybridized carbons (Fsp3) is 0.538. The number of halogens is 3. The molecule has 1 unspecified atom stereocenters. The predicted molar refractivity (Wildman–Crippen MR) is 75.7 cm³/mol. The van der Waals surface area contributed by atoms with Gasteiger partial charge in [-0.15, -0.1) is 12.4 Å². The first-order valence-electron chi connectivity index (χ1n) is 5.89. The third-order valence-electron chi connectivity index (χ3n) is 3.54. The minimum atomic E-state index is -0.223. The van der Waals surface area contributed by atoms with E-state index in [1.165, 1.54) is 6.07 Å². The Labute approximate surface area is 119 Å². The van der Waals surface area contributed by atoms with Crippen LogP contribution in [0.5, 0.6) is 0 Å². The Morgan fingerprint density at radius 1 is 1.50 bits per heavy atom. The van der Waals surface area contributed by atoms with E-state index < -0.39 is 0 Å². The van der Waals surface area contributed by atoms with E-state index in [2.05, 4.69) is 11.8 Å². The summed E-state index contributed by atoms with van der Waals surface area (Å²) in [5.41, 5.74) is 6.64. The lowest BCUT2D eigenvalue weighted by Gasteiger charge is -2.22. The lowest BCUT2D eigenvalue weighted by Crippen LogP contribution is -2.31. The van der Waals surface area contributed by atoms with Gasteiger partial charge in [-0.2, -0.15) is 0 Å². The molecule has 0 bridgehead atoms. The van der Waals surface area contributed by atoms with E-state index in [9.17, 15) is 4.39 Å². The van der Waals surface area contributed by atoms with Crippen LogP contribution >= 0.6 is 24.0 Å². The Balaban J connectivity index is 0.00000162. The van der Waals surface area contributed by atoms with Crippen molar-refractivity contribution >= 4 is 24.0 Å². The molecule has 0 spiro atoms. The summed E-state index contributed by atoms with van der Waals surface area (Å²) in [7, 11) is 0. The second kappa shape index (κ2) is 6.20. The monoisotopic (exact) mass is 292 g/mol. The molecule has 1 aromatic carbocycles. The van der Waals surface area contributed by atoms with Crippen LogP contribution < -0.4 is 5.73 Å². The molecule has 1 heterocycles. The van der Waals surface area contributed by atoms with E-state index >= 15 is 0 Å². The van der Waals surface area contributed by atoms with Gasteiger partial charge >= 0.3 is 0 Å². The average molecular weight is 293 g/mol. The van der Waals surface area contributed by atoms with Crippen LogP contribution in [0.2, 0.25) is 5.02 Å². The van der Waals surface area contributed by atoms with Crippen LogP contribution in [0.4, 0.5) is 4.39 Å². The molecule has 1 atom stereocenters. The predicted octanol–water partition coefficient (Wildman–Crippen LogP) is 3.07. The van der Waals surface area contributed by atoms with E-state index in [1.807, 2.05) is 0 Å². The SMILES string of the molecule is CC1(CN)CCN(Cc2ccc(Cl)cc2F)C1.Cl. The molecule has 1 aromatic rings. The molecule has 5 heteroatoms. The topological polar surface area (TPSA) is 29.3 Å². The average Bonchev–Trinajstić information content (AvgIpc) is 2.66. The molecular weight excluding hydrogens is 274 g/mol. The molecule has 102 valence electrons. The van der Waals surface area contributed by atoms with E-state index in [4.69, 9.17) is 17.3 Å². The summed E-state index contributed by atoms with van der Waals surface area (Å²) >= 11 is 5.73. The van der Waals surface area contributed by atoms with Gasteiger partial charge in [0.2, 0.25) is 0 Å². The van der Waals surface area contributed by atoms with E-state index in [-0.39, 0.29) is 23.6 Å². The molecular formula is C13H19Cl2FN2. The van der Waals surface area contributed by atoms with Crippen molar-refractivity contribution in [1.82, 2.24) is 4.90 Å². The van der Waals surface area contributed by atoms with Crippen LogP contribution in [0.25, 0.3) is 0 Å². The molecule has 0 aromatic heterocycles. The summed E-state index contributed by atoms with van der Waals surface area (Å²) in [6.07, 6.45) is 1.08. The lowest BCUT2D eigenvalue weighted by atomic mass is 9.90. The summed E-state index contributed by atoms with van der Waals surface area (Å²) in [6.45, 7) is 5.43. The molecule has 0 aliphatic carbocycles. The highest BCUT2D eigenvalue weighted by atomic mass is 35.5. The zero-order chi connectivity index (χ0) is 12.5. The van der Waals surface area contributed by atoms with Crippen molar-refractivity contribution in [2.75, 3.05) is 19.6 Å². The maximum Gasteiger partial charge on any atom is 0.129 e. The molecule has 18 heavy (non-hydrogen) atoms. The zero-order valence-corrected chi connectivity index (χ0v) is 12.0. The van der Waals surface area contributed by atoms with Gasteiger partial charge < -0.3 is 5.73 Å². The van der Waals surface area contributed by atoms with Crippen LogP contribution in [-0.2, 0) is 6.54 Å². The second-order valence-electron chi connectivity index (χ2n) is 5.21. The third kappa shape index (κ3) is 3.58. The highest BCUT2D eigenvalue weighted by Crippen LogP contribution is 2.30. The molecule has 0 radical (unpaired) electrons. The van der Waals surface area contributed by atoms with Crippen molar-refractivity contribution in [3.05, 3.63) is 34.6 Å². The van der Waals surface area contributed by atoms with Crippen molar-refractivity contribution in [1.29, 1.82) is 0 Å². The highest BCUT2D eigenvalue weighted by molar-refractivity contribution is 6.30. The van der Waals surface area contributed by atoms with Gasteiger partial charge in [0.15, 0.2) is 0 Å². The maximum absolute atomic E-state index is 13.6. The van der Waals surface area contributed by atoms with Crippen molar-refractivity contribution in [2.45, 2.75) is 19.9 Å². The minimum Gasteiger partial charge on any atom is -0.330 e. The standard InChI is InChI=1S/C13H18ClFN2.ClH/c1-13(8-16)4-5-17(9-13)7-10-2-3-11(14)6-12(10)15;/h2-3,6H,4-5,7-9,16H2,1H3;1H. The van der Waals surface area contributed by atoms with Gasteiger partial charge in [-0.1, -0.05) is 24.6 Å². The number of nitrogens with two attached hydrogens (primary N) is 1. The van der Waals surface area contributed by atoms with Crippen LogP contribution in [-0.4, -0.2) is 24.5 Å². The molecule has 1 aliphatic rings. The molecule has 2 N–H and O–H groups in total. The van der Waals surface area contributed by atoms with E-state index in [1.54, 1.807) is 12.1 Å². The first kappa shape index (κ1) is 15.7. The van der Waals surface area contributed by atoms with Gasteiger partial charge in [0.25, 0.3) is 0 Å². The second-order valence-corrected chi connectivity index (χ2v) is 5.65. The van der Waals surface area contributed by atoms with Gasteiger partial charge in [-0.05, 0) is 37.1 Å². The van der Waals surface area contributed by atoms with Crippen LogP contribution in [0.3, 0.4) is 0 Å². The van der Waals surface area contributed by atoms with Crippen molar-refractivity contribution < 1.29 is 4.39 Å². The molecule has 1 fully saturated rings. The summed E-state index contributed by atoms with van der Waals surface area (Å²) < 4.78 is 13.6. The Kier molecular flexibility index (Phi) is 5.41. The summed E-state index contributed by atoms with van der Waals surface area (Å²) in [6, 6.07) is 4.86. The summed E-state index contributed by atoms with van der Waals surface area (Å²) in [5.74, 6) is -0.223. The Morgan fingerprint density at radius 2 is 2.22 bits per heavy atom. The van der Waals surface area contributed by atoms with Gasteiger partial charge in [0.1, 0.15) is 5.82 Å². The van der Waals surface area contributed by atoms with E-state index in [0.29, 0.717) is 23.7 Å². The molecule has 0 amide bonds. The molecule has 0 saturated carbocycles. The summed E-state index contributed by atoms with van der Waals surface area (Å²) in [4.78, 5) is 2.25. The van der Waals surface area contributed by atoms with Crippen molar-refractivity contribution in [3.63, 3.8) is 0 Å². The summed E-state index contributed by atoms with van der Waals surface area (Å²) in [5, 5.41) is 0.444. The zero-order valence-electron chi connectivity index (χ0n) is 10.5. The number of hydrogen-bond donors (Lipinski definition) is 1. The Morgan fingerprint density at radius 3 is 2.78 bits per heavy atom. The van der Waals surface area contributed by atoms with Gasteiger partial charge in [0, 0.05) is 23.7 Å². The normalized spacial score (nSPS) is 24.0. The molecule has 1 aliphatic heterocycles. The third-order valence-corrected chi connectivity index (χ3v) is 3.77. The Bertz CT molecular complexity index is 414. The number of rotatable bonds is 3. The number of hydrogen-bond acceptors (Lipinski definition) is 2. The first-order valence-corrected chi connectivity index (χ1v) is 6.27. The smallest absolute Gasteiger partial charge is 0.129 e. The molecule has 1 saturated heterocycles. The van der Waals surface area contributed by atoms with Gasteiger partial charge in [0.05, 0.1) is 0 Å². The van der Waals surface area contributed by atoms with Crippen LogP contribution in [0.15, 0.2) is 18.2 Å². The fourth-order valence-electron chi connectivity index (χ4n) is 2.32. The van der Waals surface area contributed by atoms with Crippen molar-refractivity contribution in [2.24, 2.45) is 11.1 Å². The van der Waals surface area contributed by atoms with Gasteiger partial charge in [-0.25, -0.2) is 4.39 Å². The van der Waals surface area contributed by atoms with Gasteiger partial charge in [-0.3, -0.25) is 4.90 Å². The quantitative estimate of drug-likeness (QED) is 0.928. The Hall–Kier alpha value is -0.350. The van der Waals surface area contributed by atoms with Crippen LogP contribution in [0, 0.1) is 11.2 Å². The van der Waals surface area contributed by atoms with E-state index in [0.717, 1.165) is 19.5 Å². The first-order chi connectivity index (χ1) is 8.02.